The third kappa shape index (κ3) is 4.34. The molecule has 2 aromatic heterocycles. The standard InChI is InChI=1S/C21H18ClN5O2S/c1-14(17-9-4-5-12-23-17)24-20-21(26-19-11-3-2-10-18(19)25-20)27-30(28,29)16-8-6-7-15(22)13-16/h2-14H,1H3,(H,24,25)(H,26,27)/t14-/m1/s1. The molecule has 0 radical (unpaired) electrons. The summed E-state index contributed by atoms with van der Waals surface area (Å²) in [4.78, 5) is 13.4. The van der Waals surface area contributed by atoms with Gasteiger partial charge < -0.3 is 5.32 Å². The molecule has 0 aliphatic carbocycles. The van der Waals surface area contributed by atoms with Crippen molar-refractivity contribution >= 4 is 44.3 Å². The average Bonchev–Trinajstić information content (AvgIpc) is 2.74. The SMILES string of the molecule is C[C@@H](Nc1nc2ccccc2nc1NS(=O)(=O)c1cccc(Cl)c1)c1ccccn1. The fraction of sp³-hybridized carbons (Fsp3) is 0.0952. The fourth-order valence-corrected chi connectivity index (χ4v) is 4.21. The van der Waals surface area contributed by atoms with Crippen LogP contribution in [0.4, 0.5) is 11.6 Å². The van der Waals surface area contributed by atoms with Crippen LogP contribution in [0.15, 0.2) is 77.8 Å². The third-order valence-corrected chi connectivity index (χ3v) is 5.96. The minimum Gasteiger partial charge on any atom is -0.359 e. The summed E-state index contributed by atoms with van der Waals surface area (Å²) in [6.45, 7) is 1.91. The molecular weight excluding hydrogens is 422 g/mol. The number of nitrogens with one attached hydrogen (secondary N) is 2. The first kappa shape index (κ1) is 20.1. The largest absolute Gasteiger partial charge is 0.359 e. The van der Waals surface area contributed by atoms with E-state index in [2.05, 4.69) is 25.0 Å². The summed E-state index contributed by atoms with van der Waals surface area (Å²) in [5.41, 5.74) is 1.99. The van der Waals surface area contributed by atoms with Gasteiger partial charge in [0.25, 0.3) is 10.0 Å². The van der Waals surface area contributed by atoms with E-state index in [1.165, 1.54) is 12.1 Å². The van der Waals surface area contributed by atoms with Crippen LogP contribution in [-0.4, -0.2) is 23.4 Å². The highest BCUT2D eigenvalue weighted by molar-refractivity contribution is 7.92. The van der Waals surface area contributed by atoms with Crippen molar-refractivity contribution < 1.29 is 8.42 Å². The van der Waals surface area contributed by atoms with Crippen LogP contribution in [0.3, 0.4) is 0 Å². The molecule has 2 aromatic carbocycles. The highest BCUT2D eigenvalue weighted by Crippen LogP contribution is 2.27. The van der Waals surface area contributed by atoms with Crippen LogP contribution in [-0.2, 0) is 10.0 Å². The Balaban J connectivity index is 1.75. The monoisotopic (exact) mass is 439 g/mol. The zero-order chi connectivity index (χ0) is 21.1. The van der Waals surface area contributed by atoms with Gasteiger partial charge in [-0.2, -0.15) is 0 Å². The van der Waals surface area contributed by atoms with E-state index in [-0.39, 0.29) is 16.8 Å². The number of hydrogen-bond acceptors (Lipinski definition) is 6. The van der Waals surface area contributed by atoms with Crippen LogP contribution in [0.5, 0.6) is 0 Å². The highest BCUT2D eigenvalue weighted by atomic mass is 35.5. The van der Waals surface area contributed by atoms with Crippen LogP contribution >= 0.6 is 11.6 Å². The van der Waals surface area contributed by atoms with E-state index in [1.807, 2.05) is 43.3 Å². The van der Waals surface area contributed by atoms with Crippen LogP contribution in [0.1, 0.15) is 18.7 Å². The van der Waals surface area contributed by atoms with E-state index in [1.54, 1.807) is 24.4 Å². The molecule has 0 saturated heterocycles. The summed E-state index contributed by atoms with van der Waals surface area (Å²) in [5.74, 6) is 0.397. The maximum Gasteiger partial charge on any atom is 0.263 e. The van der Waals surface area contributed by atoms with E-state index in [0.29, 0.717) is 21.9 Å². The minimum absolute atomic E-state index is 0.0358. The van der Waals surface area contributed by atoms with Crippen molar-refractivity contribution in [3.05, 3.63) is 83.6 Å². The number of sulfonamides is 1. The van der Waals surface area contributed by atoms with Gasteiger partial charge in [-0.1, -0.05) is 35.9 Å². The third-order valence-electron chi connectivity index (χ3n) is 4.39. The second kappa shape index (κ2) is 8.25. The molecule has 0 spiro atoms. The van der Waals surface area contributed by atoms with Gasteiger partial charge in [-0.3, -0.25) is 9.71 Å². The van der Waals surface area contributed by atoms with Gasteiger partial charge in [0.15, 0.2) is 11.6 Å². The van der Waals surface area contributed by atoms with Gasteiger partial charge in [0.1, 0.15) is 0 Å². The van der Waals surface area contributed by atoms with Crippen molar-refractivity contribution in [1.29, 1.82) is 0 Å². The first-order valence-corrected chi connectivity index (χ1v) is 11.0. The Labute approximate surface area is 179 Å². The lowest BCUT2D eigenvalue weighted by Gasteiger charge is -2.18. The molecule has 0 unspecified atom stereocenters. The minimum atomic E-state index is -3.92. The molecule has 4 aromatic rings. The van der Waals surface area contributed by atoms with Crippen molar-refractivity contribution in [2.75, 3.05) is 10.0 Å². The number of anilines is 2. The van der Waals surface area contributed by atoms with Crippen LogP contribution in [0.25, 0.3) is 11.0 Å². The Morgan fingerprint density at radius 3 is 2.27 bits per heavy atom. The van der Waals surface area contributed by atoms with E-state index >= 15 is 0 Å². The maximum atomic E-state index is 12.9. The molecule has 0 aliphatic heterocycles. The quantitative estimate of drug-likeness (QED) is 0.453. The summed E-state index contributed by atoms with van der Waals surface area (Å²) in [5, 5.41) is 3.54. The van der Waals surface area contributed by atoms with Crippen LogP contribution < -0.4 is 10.0 Å². The van der Waals surface area contributed by atoms with Gasteiger partial charge >= 0.3 is 0 Å². The average molecular weight is 440 g/mol. The normalized spacial score (nSPS) is 12.5. The fourth-order valence-electron chi connectivity index (χ4n) is 2.90. The number of benzene rings is 2. The molecular formula is C21H18ClN5O2S. The molecule has 152 valence electrons. The number of halogens is 1. The molecule has 2 N–H and O–H groups in total. The number of aromatic nitrogens is 3. The zero-order valence-electron chi connectivity index (χ0n) is 15.9. The molecule has 0 bridgehead atoms. The summed E-state index contributed by atoms with van der Waals surface area (Å²) in [7, 11) is -3.92. The molecule has 7 nitrogen and oxygen atoms in total. The van der Waals surface area contributed by atoms with E-state index in [4.69, 9.17) is 11.6 Å². The maximum absolute atomic E-state index is 12.9. The Kier molecular flexibility index (Phi) is 5.52. The molecule has 9 heteroatoms. The van der Waals surface area contributed by atoms with Gasteiger partial charge in [0.05, 0.1) is 27.7 Å². The van der Waals surface area contributed by atoms with E-state index in [9.17, 15) is 8.42 Å². The second-order valence-electron chi connectivity index (χ2n) is 6.59. The lowest BCUT2D eigenvalue weighted by Crippen LogP contribution is -2.18. The first-order valence-electron chi connectivity index (χ1n) is 9.15. The number of pyridine rings is 1. The van der Waals surface area contributed by atoms with Crippen molar-refractivity contribution in [2.45, 2.75) is 17.9 Å². The van der Waals surface area contributed by atoms with Gasteiger partial charge in [0.2, 0.25) is 0 Å². The summed E-state index contributed by atoms with van der Waals surface area (Å²) < 4.78 is 28.4. The van der Waals surface area contributed by atoms with Crippen LogP contribution in [0, 0.1) is 0 Å². The molecule has 30 heavy (non-hydrogen) atoms. The lowest BCUT2D eigenvalue weighted by molar-refractivity contribution is 0.601. The number of rotatable bonds is 6. The Morgan fingerprint density at radius 2 is 1.60 bits per heavy atom. The highest BCUT2D eigenvalue weighted by Gasteiger charge is 2.20. The van der Waals surface area contributed by atoms with Crippen LogP contribution in [0.2, 0.25) is 5.02 Å². The molecule has 4 rings (SSSR count). The van der Waals surface area contributed by atoms with Gasteiger partial charge in [-0.25, -0.2) is 18.4 Å². The Morgan fingerprint density at radius 1 is 0.900 bits per heavy atom. The first-order chi connectivity index (χ1) is 14.4. The van der Waals surface area contributed by atoms with Gasteiger partial charge in [-0.05, 0) is 49.4 Å². The summed E-state index contributed by atoms with van der Waals surface area (Å²) >= 11 is 5.96. The lowest BCUT2D eigenvalue weighted by atomic mass is 10.2. The molecule has 0 aliphatic rings. The topological polar surface area (TPSA) is 96.9 Å². The Hall–Kier alpha value is -3.23. The molecule has 1 atom stereocenters. The zero-order valence-corrected chi connectivity index (χ0v) is 17.5. The van der Waals surface area contributed by atoms with Crippen molar-refractivity contribution in [3.63, 3.8) is 0 Å². The smallest absolute Gasteiger partial charge is 0.263 e. The van der Waals surface area contributed by atoms with Crippen molar-refractivity contribution in [3.8, 4) is 0 Å². The molecule has 0 fully saturated rings. The Bertz CT molecular complexity index is 1300. The summed E-state index contributed by atoms with van der Waals surface area (Å²) in [6.07, 6.45) is 1.70. The molecule has 0 amide bonds. The number of fused-ring (bicyclic) bond motifs is 1. The predicted octanol–water partition coefficient (Wildman–Crippen LogP) is 4.65. The molecule has 2 heterocycles. The van der Waals surface area contributed by atoms with Gasteiger partial charge in [-0.15, -0.1) is 0 Å². The predicted molar refractivity (Wildman–Crippen MR) is 118 cm³/mol. The van der Waals surface area contributed by atoms with E-state index in [0.717, 1.165) is 5.69 Å². The number of para-hydroxylation sites is 2. The van der Waals surface area contributed by atoms with Gasteiger partial charge in [0, 0.05) is 11.2 Å². The van der Waals surface area contributed by atoms with Crippen molar-refractivity contribution in [2.24, 2.45) is 0 Å². The van der Waals surface area contributed by atoms with Crippen molar-refractivity contribution in [1.82, 2.24) is 15.0 Å². The molecule has 0 saturated carbocycles. The summed E-state index contributed by atoms with van der Waals surface area (Å²) in [6, 6.07) is 18.6. The number of nitrogens with zero attached hydrogens (tertiary/aromatic N) is 3. The van der Waals surface area contributed by atoms with E-state index < -0.39 is 10.0 Å². The second-order valence-corrected chi connectivity index (χ2v) is 8.71. The number of hydrogen-bond donors (Lipinski definition) is 2.